The lowest BCUT2D eigenvalue weighted by molar-refractivity contribution is 0.264. The molecule has 2 rings (SSSR count). The van der Waals surface area contributed by atoms with Gasteiger partial charge in [0.1, 0.15) is 0 Å². The molecule has 1 fully saturated rings. The van der Waals surface area contributed by atoms with Crippen molar-refractivity contribution in [3.8, 4) is 12.1 Å². The molecule has 0 aliphatic carbocycles. The summed E-state index contributed by atoms with van der Waals surface area (Å²) in [4.78, 5) is 4.55. The maximum Gasteiger partial charge on any atom is 0.0992 e. The molecule has 98 valence electrons. The van der Waals surface area contributed by atoms with Crippen LogP contribution in [-0.4, -0.2) is 37.6 Å². The normalized spacial score (nSPS) is 20.4. The maximum atomic E-state index is 8.97. The van der Waals surface area contributed by atoms with Crippen molar-refractivity contribution >= 4 is 5.69 Å². The molecule has 1 aromatic rings. The van der Waals surface area contributed by atoms with Gasteiger partial charge in [-0.15, -0.1) is 0 Å². The summed E-state index contributed by atoms with van der Waals surface area (Å²) in [5.74, 6) is 0. The van der Waals surface area contributed by atoms with Gasteiger partial charge in [0.15, 0.2) is 0 Å². The van der Waals surface area contributed by atoms with E-state index in [4.69, 9.17) is 10.5 Å². The summed E-state index contributed by atoms with van der Waals surface area (Å²) in [5.41, 5.74) is 1.77. The number of benzene rings is 1. The highest BCUT2D eigenvalue weighted by Crippen LogP contribution is 2.20. The van der Waals surface area contributed by atoms with Crippen LogP contribution in [0.5, 0.6) is 0 Å². The van der Waals surface area contributed by atoms with Crippen LogP contribution in [0.25, 0.3) is 0 Å². The lowest BCUT2D eigenvalue weighted by atomic mass is 10.1. The van der Waals surface area contributed by atoms with E-state index in [2.05, 4.69) is 29.0 Å². The van der Waals surface area contributed by atoms with Gasteiger partial charge in [-0.2, -0.15) is 10.5 Å². The van der Waals surface area contributed by atoms with Gasteiger partial charge in [-0.05, 0) is 38.2 Å². The van der Waals surface area contributed by atoms with Crippen molar-refractivity contribution < 1.29 is 0 Å². The summed E-state index contributed by atoms with van der Waals surface area (Å²) >= 11 is 0. The summed E-state index contributed by atoms with van der Waals surface area (Å²) in [5, 5.41) is 17.9. The highest BCUT2D eigenvalue weighted by molar-refractivity contribution is 5.51. The average molecular weight is 254 g/mol. The van der Waals surface area contributed by atoms with Crippen LogP contribution in [0.2, 0.25) is 0 Å². The molecule has 1 aromatic carbocycles. The predicted octanol–water partition coefficient (Wildman–Crippen LogP) is 1.98. The van der Waals surface area contributed by atoms with Crippen LogP contribution in [-0.2, 0) is 0 Å². The van der Waals surface area contributed by atoms with E-state index in [1.54, 1.807) is 0 Å². The van der Waals surface area contributed by atoms with Gasteiger partial charge in [0.05, 0.1) is 24.1 Å². The largest absolute Gasteiger partial charge is 0.370 e. The Morgan fingerprint density at radius 2 is 2.16 bits per heavy atom. The van der Waals surface area contributed by atoms with Crippen molar-refractivity contribution in [2.75, 3.05) is 31.6 Å². The van der Waals surface area contributed by atoms with Crippen molar-refractivity contribution in [3.63, 3.8) is 0 Å². The molecule has 1 saturated heterocycles. The second-order valence-corrected chi connectivity index (χ2v) is 4.96. The number of anilines is 1. The molecule has 1 unspecified atom stereocenters. The van der Waals surface area contributed by atoms with Crippen LogP contribution in [0.3, 0.4) is 0 Å². The first-order chi connectivity index (χ1) is 9.24. The van der Waals surface area contributed by atoms with Crippen LogP contribution in [0, 0.1) is 22.7 Å². The second-order valence-electron chi connectivity index (χ2n) is 4.96. The molecule has 1 atom stereocenters. The third kappa shape index (κ3) is 3.24. The first kappa shape index (κ1) is 13.4. The molecule has 0 radical (unpaired) electrons. The Kier molecular flexibility index (Phi) is 4.39. The minimum atomic E-state index is 0.262. The maximum absolute atomic E-state index is 8.97. The summed E-state index contributed by atoms with van der Waals surface area (Å²) in [7, 11) is 2.08. The van der Waals surface area contributed by atoms with Gasteiger partial charge >= 0.3 is 0 Å². The smallest absolute Gasteiger partial charge is 0.0992 e. The van der Waals surface area contributed by atoms with E-state index < -0.39 is 0 Å². The van der Waals surface area contributed by atoms with Gasteiger partial charge in [-0.25, -0.2) is 0 Å². The Morgan fingerprint density at radius 3 is 2.89 bits per heavy atom. The number of rotatable bonds is 2. The van der Waals surface area contributed by atoms with Gasteiger partial charge in [0, 0.05) is 24.8 Å². The Bertz CT molecular complexity index is 512. The molecule has 19 heavy (non-hydrogen) atoms. The topological polar surface area (TPSA) is 54.1 Å². The zero-order chi connectivity index (χ0) is 13.7. The minimum absolute atomic E-state index is 0.262. The molecular formula is C15H18N4. The summed E-state index contributed by atoms with van der Waals surface area (Å²) in [6, 6.07) is 12.4. The molecule has 0 bridgehead atoms. The third-order valence-corrected chi connectivity index (χ3v) is 3.66. The van der Waals surface area contributed by atoms with Crippen molar-refractivity contribution in [1.29, 1.82) is 10.5 Å². The van der Waals surface area contributed by atoms with Crippen LogP contribution in [0.4, 0.5) is 5.69 Å². The Balaban J connectivity index is 2.19. The summed E-state index contributed by atoms with van der Waals surface area (Å²) < 4.78 is 0. The van der Waals surface area contributed by atoms with Gasteiger partial charge in [-0.3, -0.25) is 0 Å². The number of nitriles is 2. The highest BCUT2D eigenvalue weighted by atomic mass is 15.2. The molecule has 1 heterocycles. The fourth-order valence-electron chi connectivity index (χ4n) is 2.51. The fourth-order valence-corrected chi connectivity index (χ4v) is 2.51. The zero-order valence-electron chi connectivity index (χ0n) is 11.2. The first-order valence-corrected chi connectivity index (χ1v) is 6.57. The fraction of sp³-hybridized carbons (Fsp3) is 0.467. The third-order valence-electron chi connectivity index (χ3n) is 3.66. The molecular weight excluding hydrogens is 236 g/mol. The Labute approximate surface area is 114 Å². The summed E-state index contributed by atoms with van der Waals surface area (Å²) in [6.45, 7) is 2.83. The van der Waals surface area contributed by atoms with Crippen molar-refractivity contribution in [2.45, 2.75) is 18.9 Å². The molecule has 4 heteroatoms. The Hall–Kier alpha value is -2.04. The molecule has 0 saturated carbocycles. The Morgan fingerprint density at radius 1 is 1.32 bits per heavy atom. The lowest BCUT2D eigenvalue weighted by Crippen LogP contribution is -2.38. The van der Waals surface area contributed by atoms with E-state index >= 15 is 0 Å². The average Bonchev–Trinajstić information content (AvgIpc) is 2.62. The van der Waals surface area contributed by atoms with E-state index in [-0.39, 0.29) is 6.04 Å². The van der Waals surface area contributed by atoms with E-state index in [0.717, 1.165) is 31.7 Å². The van der Waals surface area contributed by atoms with E-state index in [1.165, 1.54) is 0 Å². The van der Waals surface area contributed by atoms with E-state index in [1.807, 2.05) is 24.3 Å². The van der Waals surface area contributed by atoms with Gasteiger partial charge in [0.25, 0.3) is 0 Å². The minimum Gasteiger partial charge on any atom is -0.370 e. The molecule has 0 spiro atoms. The number of hydrogen-bond donors (Lipinski definition) is 0. The lowest BCUT2D eigenvalue weighted by Gasteiger charge is -2.28. The standard InChI is InChI=1S/C15H18N4/c1-18-8-3-9-19(12-15(18)6-7-16)14-5-2-4-13(10-14)11-17/h2,4-5,10,15H,3,6,8-9,12H2,1H3. The molecule has 1 aliphatic rings. The van der Waals surface area contributed by atoms with Gasteiger partial charge < -0.3 is 9.80 Å². The first-order valence-electron chi connectivity index (χ1n) is 6.57. The predicted molar refractivity (Wildman–Crippen MR) is 74.6 cm³/mol. The van der Waals surface area contributed by atoms with E-state index in [0.29, 0.717) is 12.0 Å². The molecule has 1 aliphatic heterocycles. The van der Waals surface area contributed by atoms with Gasteiger partial charge in [-0.1, -0.05) is 6.07 Å². The van der Waals surface area contributed by atoms with Crippen LogP contribution >= 0.6 is 0 Å². The quantitative estimate of drug-likeness (QED) is 0.810. The monoisotopic (exact) mass is 254 g/mol. The molecule has 4 nitrogen and oxygen atoms in total. The highest BCUT2D eigenvalue weighted by Gasteiger charge is 2.22. The number of likely N-dealkylation sites (N-methyl/N-ethyl adjacent to an activating group) is 1. The van der Waals surface area contributed by atoms with Gasteiger partial charge in [0.2, 0.25) is 0 Å². The van der Waals surface area contributed by atoms with Crippen LogP contribution in [0.1, 0.15) is 18.4 Å². The molecule has 0 amide bonds. The van der Waals surface area contributed by atoms with Crippen molar-refractivity contribution in [2.24, 2.45) is 0 Å². The molecule has 0 aromatic heterocycles. The van der Waals surface area contributed by atoms with E-state index in [9.17, 15) is 0 Å². The van der Waals surface area contributed by atoms with Crippen molar-refractivity contribution in [1.82, 2.24) is 4.90 Å². The zero-order valence-corrected chi connectivity index (χ0v) is 11.2. The summed E-state index contributed by atoms with van der Waals surface area (Å²) in [6.07, 6.45) is 1.63. The number of nitrogens with zero attached hydrogens (tertiary/aromatic N) is 4. The number of hydrogen-bond acceptors (Lipinski definition) is 4. The van der Waals surface area contributed by atoms with Crippen LogP contribution in [0.15, 0.2) is 24.3 Å². The second kappa shape index (κ2) is 6.22. The van der Waals surface area contributed by atoms with Crippen molar-refractivity contribution in [3.05, 3.63) is 29.8 Å². The van der Waals surface area contributed by atoms with Crippen LogP contribution < -0.4 is 4.90 Å². The molecule has 0 N–H and O–H groups in total. The SMILES string of the molecule is CN1CCCN(c2cccc(C#N)c2)CC1CC#N.